The van der Waals surface area contributed by atoms with E-state index in [0.29, 0.717) is 13.2 Å². The van der Waals surface area contributed by atoms with Crippen LogP contribution in [-0.2, 0) is 28.1 Å². The molecule has 0 radical (unpaired) electrons. The molecule has 8 heteroatoms. The molecule has 4 aromatic rings. The highest BCUT2D eigenvalue weighted by Crippen LogP contribution is 2.44. The third kappa shape index (κ3) is 4.85. The maximum absolute atomic E-state index is 6.86. The number of ether oxygens (including phenoxy) is 2. The van der Waals surface area contributed by atoms with E-state index in [4.69, 9.17) is 28.1 Å². The Morgan fingerprint density at radius 1 is 0.591 bits per heavy atom. The lowest BCUT2D eigenvalue weighted by Crippen LogP contribution is -2.46. The second-order valence-electron chi connectivity index (χ2n) is 12.3. The van der Waals surface area contributed by atoms with Crippen LogP contribution < -0.4 is 10.9 Å². The number of fused-ring (bicyclic) bond motifs is 2. The summed E-state index contributed by atoms with van der Waals surface area (Å²) in [7, 11) is -1.00. The monoisotopic (exact) mass is 586 g/mol. The molecule has 1 saturated carbocycles. The fourth-order valence-corrected chi connectivity index (χ4v) is 7.53. The first-order valence-corrected chi connectivity index (χ1v) is 15.8. The van der Waals surface area contributed by atoms with Crippen molar-refractivity contribution in [2.24, 2.45) is 0 Å². The van der Waals surface area contributed by atoms with Crippen LogP contribution >= 0.6 is 0 Å². The lowest BCUT2D eigenvalue weighted by molar-refractivity contribution is -0.202. The summed E-state index contributed by atoms with van der Waals surface area (Å²) in [5.41, 5.74) is 4.19. The fraction of sp³-hybridized carbons (Fsp3) is 0.333. The standard InChI is InChI=1S/C36H36B2O6/c1-3-24-16-18-30(28-14-8-6-12-26(24)28)37-39-22-32(43-37)34-35(42-36(41-34)20-10-5-11-21-36)33-23-40-38(44-33)31-19-17-25(4-2)27-13-7-9-15-29(27)31/h3-4,6-9,12-19,32-35H,1-2,5,10-11,20-23H2/t32-,33-,34-,35-/m1/s1. The minimum absolute atomic E-state index is 0.306. The summed E-state index contributed by atoms with van der Waals surface area (Å²) in [6, 6.07) is 25.0. The van der Waals surface area contributed by atoms with E-state index in [-0.39, 0.29) is 24.4 Å². The van der Waals surface area contributed by atoms with E-state index in [1.165, 1.54) is 6.42 Å². The van der Waals surface area contributed by atoms with Gasteiger partial charge in [-0.15, -0.1) is 0 Å². The molecule has 0 unspecified atom stereocenters. The molecule has 0 amide bonds. The van der Waals surface area contributed by atoms with Gasteiger partial charge in [0.15, 0.2) is 5.79 Å². The van der Waals surface area contributed by atoms with Crippen LogP contribution in [-0.4, -0.2) is 57.7 Å². The molecule has 0 N–H and O–H groups in total. The number of hydrogen-bond donors (Lipinski definition) is 0. The summed E-state index contributed by atoms with van der Waals surface area (Å²) in [6.45, 7) is 8.80. The zero-order valence-electron chi connectivity index (χ0n) is 24.9. The Balaban J connectivity index is 1.06. The lowest BCUT2D eigenvalue weighted by atomic mass is 9.75. The van der Waals surface area contributed by atoms with Crippen molar-refractivity contribution in [3.05, 3.63) is 97.1 Å². The molecule has 8 rings (SSSR count). The first-order chi connectivity index (χ1) is 21.7. The van der Waals surface area contributed by atoms with E-state index < -0.39 is 20.0 Å². The van der Waals surface area contributed by atoms with Gasteiger partial charge in [-0.3, -0.25) is 0 Å². The van der Waals surface area contributed by atoms with Gasteiger partial charge in [-0.1, -0.05) is 105 Å². The summed E-state index contributed by atoms with van der Waals surface area (Å²) in [6.07, 6.45) is 7.57. The van der Waals surface area contributed by atoms with Crippen LogP contribution in [0.25, 0.3) is 33.7 Å². The molecular weight excluding hydrogens is 550 g/mol. The van der Waals surface area contributed by atoms with Crippen LogP contribution in [0, 0.1) is 0 Å². The van der Waals surface area contributed by atoms with Crippen LogP contribution in [0.4, 0.5) is 0 Å². The van der Waals surface area contributed by atoms with Gasteiger partial charge < -0.3 is 28.1 Å². The Labute approximate surface area is 259 Å². The van der Waals surface area contributed by atoms with Crippen molar-refractivity contribution in [3.8, 4) is 0 Å². The van der Waals surface area contributed by atoms with Crippen LogP contribution in [0.2, 0.25) is 0 Å². The van der Waals surface area contributed by atoms with Gasteiger partial charge in [0.25, 0.3) is 0 Å². The normalized spacial score (nSPS) is 26.6. The maximum Gasteiger partial charge on any atom is 0.494 e. The number of benzene rings is 4. The highest BCUT2D eigenvalue weighted by Gasteiger charge is 2.57. The molecule has 1 spiro atoms. The Kier molecular flexibility index (Phi) is 7.45. The molecule has 4 aliphatic rings. The minimum Gasteiger partial charge on any atom is -0.404 e. The average molecular weight is 586 g/mol. The second-order valence-corrected chi connectivity index (χ2v) is 12.3. The van der Waals surface area contributed by atoms with Crippen molar-refractivity contribution in [2.75, 3.05) is 13.2 Å². The van der Waals surface area contributed by atoms with E-state index in [2.05, 4.69) is 61.7 Å². The van der Waals surface area contributed by atoms with Crippen molar-refractivity contribution in [1.29, 1.82) is 0 Å². The van der Waals surface area contributed by atoms with Gasteiger partial charge in [0, 0.05) is 12.8 Å². The predicted octanol–water partition coefficient (Wildman–Crippen LogP) is 5.64. The van der Waals surface area contributed by atoms with Crippen molar-refractivity contribution < 1.29 is 28.1 Å². The van der Waals surface area contributed by atoms with Gasteiger partial charge in [0.2, 0.25) is 0 Å². The topological polar surface area (TPSA) is 55.4 Å². The van der Waals surface area contributed by atoms with Gasteiger partial charge in [0.1, 0.15) is 12.2 Å². The molecule has 3 aliphatic heterocycles. The van der Waals surface area contributed by atoms with Crippen molar-refractivity contribution in [1.82, 2.24) is 0 Å². The van der Waals surface area contributed by atoms with Gasteiger partial charge in [0.05, 0.1) is 25.4 Å². The highest BCUT2D eigenvalue weighted by molar-refractivity contribution is 6.65. The highest BCUT2D eigenvalue weighted by atomic mass is 16.8. The van der Waals surface area contributed by atoms with E-state index >= 15 is 0 Å². The van der Waals surface area contributed by atoms with Gasteiger partial charge >= 0.3 is 14.2 Å². The predicted molar refractivity (Wildman–Crippen MR) is 176 cm³/mol. The van der Waals surface area contributed by atoms with E-state index in [9.17, 15) is 0 Å². The van der Waals surface area contributed by atoms with Crippen LogP contribution in [0.1, 0.15) is 43.2 Å². The van der Waals surface area contributed by atoms with E-state index in [1.54, 1.807) is 0 Å². The minimum atomic E-state index is -0.618. The third-order valence-corrected chi connectivity index (χ3v) is 9.72. The molecule has 0 bridgehead atoms. The Morgan fingerprint density at radius 2 is 1.05 bits per heavy atom. The summed E-state index contributed by atoms with van der Waals surface area (Å²) in [4.78, 5) is 0. The first kappa shape index (κ1) is 28.3. The van der Waals surface area contributed by atoms with Crippen molar-refractivity contribution in [3.63, 3.8) is 0 Å². The summed E-state index contributed by atoms with van der Waals surface area (Å²) in [5, 5.41) is 4.46. The van der Waals surface area contributed by atoms with Gasteiger partial charge in [-0.05, 0) is 56.4 Å². The molecule has 4 aromatic carbocycles. The molecular formula is C36H36B2O6. The third-order valence-electron chi connectivity index (χ3n) is 9.72. The fourth-order valence-electron chi connectivity index (χ4n) is 7.53. The van der Waals surface area contributed by atoms with E-state index in [1.807, 2.05) is 36.4 Å². The molecule has 0 aromatic heterocycles. The molecule has 4 fully saturated rings. The van der Waals surface area contributed by atoms with Crippen LogP contribution in [0.5, 0.6) is 0 Å². The lowest BCUT2D eigenvalue weighted by Gasteiger charge is -2.32. The quantitative estimate of drug-likeness (QED) is 0.273. The molecule has 222 valence electrons. The van der Waals surface area contributed by atoms with Crippen LogP contribution in [0.3, 0.4) is 0 Å². The molecule has 4 atom stereocenters. The smallest absolute Gasteiger partial charge is 0.404 e. The molecule has 3 heterocycles. The molecule has 1 aliphatic carbocycles. The van der Waals surface area contributed by atoms with Crippen molar-refractivity contribution >= 4 is 58.9 Å². The first-order valence-electron chi connectivity index (χ1n) is 15.8. The largest absolute Gasteiger partial charge is 0.494 e. The molecule has 44 heavy (non-hydrogen) atoms. The number of hydrogen-bond acceptors (Lipinski definition) is 6. The summed E-state index contributed by atoms with van der Waals surface area (Å²) < 4.78 is 39.7. The van der Waals surface area contributed by atoms with Gasteiger partial charge in [-0.2, -0.15) is 0 Å². The summed E-state index contributed by atoms with van der Waals surface area (Å²) in [5.74, 6) is -0.618. The molecule has 3 saturated heterocycles. The number of rotatable bonds is 6. The van der Waals surface area contributed by atoms with Gasteiger partial charge in [-0.25, -0.2) is 0 Å². The van der Waals surface area contributed by atoms with E-state index in [0.717, 1.165) is 69.3 Å². The Hall–Kier alpha value is -3.23. The maximum atomic E-state index is 6.86. The SMILES string of the molecule is C=Cc1ccc(B2OC[C@H]([C@H]3OC4(CCCCC4)O[C@@H]3[C@H]3COB(c4ccc(C=C)c5ccccc45)O3)O2)c2ccccc12. The van der Waals surface area contributed by atoms with Crippen molar-refractivity contribution in [2.45, 2.75) is 62.3 Å². The Morgan fingerprint density at radius 3 is 1.50 bits per heavy atom. The Bertz CT molecular complexity index is 1600. The van der Waals surface area contributed by atoms with Crippen LogP contribution in [0.15, 0.2) is 86.0 Å². The second kappa shape index (κ2) is 11.6. The zero-order valence-corrected chi connectivity index (χ0v) is 24.9. The zero-order chi connectivity index (χ0) is 29.7. The summed E-state index contributed by atoms with van der Waals surface area (Å²) >= 11 is 0. The average Bonchev–Trinajstić information content (AvgIpc) is 3.84. The molecule has 6 nitrogen and oxygen atoms in total.